The summed E-state index contributed by atoms with van der Waals surface area (Å²) in [5.41, 5.74) is 2.01. The summed E-state index contributed by atoms with van der Waals surface area (Å²) in [6.45, 7) is 0. The van der Waals surface area contributed by atoms with Crippen molar-refractivity contribution >= 4 is 41.3 Å². The predicted molar refractivity (Wildman–Crippen MR) is 119 cm³/mol. The van der Waals surface area contributed by atoms with Gasteiger partial charge in [-0.2, -0.15) is 0 Å². The minimum Gasteiger partial charge on any atom is -0.497 e. The molecule has 1 aromatic heterocycles. The first-order valence-electron chi connectivity index (χ1n) is 8.82. The number of halogens is 1. The number of nitrogens with zero attached hydrogens (tertiary/aromatic N) is 2. The SMILES string of the molecule is COc1ccc(CSc2nc(SC)nc(SCc3ccc(F)cc3)c2C(=O)O)cc1. The number of methoxy groups -OCH3 is 1. The Labute approximate surface area is 186 Å². The van der Waals surface area contributed by atoms with Crippen LogP contribution in [0.3, 0.4) is 0 Å². The van der Waals surface area contributed by atoms with E-state index in [1.54, 1.807) is 19.2 Å². The number of rotatable bonds is 9. The Hall–Kier alpha value is -2.23. The fraction of sp³-hybridized carbons (Fsp3) is 0.190. The van der Waals surface area contributed by atoms with Gasteiger partial charge in [0.25, 0.3) is 0 Å². The fourth-order valence-corrected chi connectivity index (χ4v) is 4.99. The molecule has 0 atom stereocenters. The van der Waals surface area contributed by atoms with Gasteiger partial charge in [-0.25, -0.2) is 19.2 Å². The van der Waals surface area contributed by atoms with E-state index in [4.69, 9.17) is 4.74 Å². The zero-order valence-corrected chi connectivity index (χ0v) is 18.7. The minimum atomic E-state index is -1.07. The van der Waals surface area contributed by atoms with Gasteiger partial charge in [0.15, 0.2) is 5.16 Å². The van der Waals surface area contributed by atoms with Gasteiger partial charge >= 0.3 is 5.97 Å². The zero-order valence-electron chi connectivity index (χ0n) is 16.3. The highest BCUT2D eigenvalue weighted by molar-refractivity contribution is 7.99. The van der Waals surface area contributed by atoms with Crippen LogP contribution in [-0.4, -0.2) is 34.4 Å². The summed E-state index contributed by atoms with van der Waals surface area (Å²) in [4.78, 5) is 20.9. The van der Waals surface area contributed by atoms with Gasteiger partial charge in [-0.1, -0.05) is 36.0 Å². The molecule has 0 unspecified atom stereocenters. The van der Waals surface area contributed by atoms with Gasteiger partial charge in [0.2, 0.25) is 0 Å². The van der Waals surface area contributed by atoms with E-state index in [0.29, 0.717) is 26.7 Å². The average Bonchev–Trinajstić information content (AvgIpc) is 2.77. The summed E-state index contributed by atoms with van der Waals surface area (Å²) in [6, 6.07) is 13.7. The number of thioether (sulfide) groups is 3. The Balaban J connectivity index is 1.84. The average molecular weight is 463 g/mol. The number of aromatic nitrogens is 2. The van der Waals surface area contributed by atoms with Crippen molar-refractivity contribution in [1.82, 2.24) is 9.97 Å². The molecule has 156 valence electrons. The van der Waals surface area contributed by atoms with Crippen molar-refractivity contribution in [3.63, 3.8) is 0 Å². The zero-order chi connectivity index (χ0) is 21.5. The molecule has 0 saturated carbocycles. The summed E-state index contributed by atoms with van der Waals surface area (Å²) in [6.07, 6.45) is 1.85. The molecular weight excluding hydrogens is 443 g/mol. The van der Waals surface area contributed by atoms with E-state index in [-0.39, 0.29) is 11.4 Å². The lowest BCUT2D eigenvalue weighted by molar-refractivity contribution is 0.0686. The van der Waals surface area contributed by atoms with Crippen LogP contribution in [0.2, 0.25) is 0 Å². The van der Waals surface area contributed by atoms with Crippen LogP contribution < -0.4 is 4.74 Å². The molecule has 1 N–H and O–H groups in total. The van der Waals surface area contributed by atoms with E-state index >= 15 is 0 Å². The number of hydrogen-bond donors (Lipinski definition) is 1. The van der Waals surface area contributed by atoms with Gasteiger partial charge < -0.3 is 9.84 Å². The molecule has 0 aliphatic heterocycles. The highest BCUT2D eigenvalue weighted by Gasteiger charge is 2.21. The van der Waals surface area contributed by atoms with Gasteiger partial charge in [-0.05, 0) is 41.6 Å². The Kier molecular flexibility index (Phi) is 8.01. The second kappa shape index (κ2) is 10.7. The number of carbonyl (C=O) groups is 1. The van der Waals surface area contributed by atoms with E-state index < -0.39 is 5.97 Å². The van der Waals surface area contributed by atoms with Crippen LogP contribution in [0.1, 0.15) is 21.5 Å². The predicted octanol–water partition coefficient (Wildman–Crippen LogP) is 5.63. The first kappa shape index (κ1) is 22.5. The van der Waals surface area contributed by atoms with Crippen molar-refractivity contribution < 1.29 is 19.0 Å². The summed E-state index contributed by atoms with van der Waals surface area (Å²) in [5.74, 6) is 0.437. The Morgan fingerprint density at radius 3 is 1.90 bits per heavy atom. The molecule has 0 fully saturated rings. The van der Waals surface area contributed by atoms with Crippen LogP contribution in [0.25, 0.3) is 0 Å². The molecule has 5 nitrogen and oxygen atoms in total. The summed E-state index contributed by atoms with van der Waals surface area (Å²) < 4.78 is 18.3. The summed E-state index contributed by atoms with van der Waals surface area (Å²) >= 11 is 4.03. The first-order valence-corrected chi connectivity index (χ1v) is 12.0. The third-order valence-corrected chi connectivity index (χ3v) is 6.68. The van der Waals surface area contributed by atoms with Crippen molar-refractivity contribution in [3.8, 4) is 5.75 Å². The molecule has 9 heteroatoms. The highest BCUT2D eigenvalue weighted by atomic mass is 32.2. The second-order valence-corrected chi connectivity index (χ2v) is 8.75. The van der Waals surface area contributed by atoms with Crippen LogP contribution in [-0.2, 0) is 11.5 Å². The van der Waals surface area contributed by atoms with Crippen molar-refractivity contribution in [3.05, 3.63) is 71.0 Å². The summed E-state index contributed by atoms with van der Waals surface area (Å²) in [5, 5.41) is 11.2. The highest BCUT2D eigenvalue weighted by Crippen LogP contribution is 2.34. The van der Waals surface area contributed by atoms with Crippen molar-refractivity contribution in [1.29, 1.82) is 0 Å². The van der Waals surface area contributed by atoms with E-state index in [0.717, 1.165) is 16.9 Å². The molecule has 0 aliphatic rings. The third kappa shape index (κ3) is 5.90. The van der Waals surface area contributed by atoms with Crippen LogP contribution in [0.5, 0.6) is 5.75 Å². The van der Waals surface area contributed by atoms with E-state index in [9.17, 15) is 14.3 Å². The van der Waals surface area contributed by atoms with Crippen LogP contribution in [0.15, 0.2) is 63.7 Å². The van der Waals surface area contributed by atoms with Crippen LogP contribution in [0.4, 0.5) is 4.39 Å². The van der Waals surface area contributed by atoms with Gasteiger partial charge in [0.05, 0.1) is 7.11 Å². The lowest BCUT2D eigenvalue weighted by Crippen LogP contribution is -2.07. The van der Waals surface area contributed by atoms with Crippen LogP contribution in [0, 0.1) is 5.82 Å². The maximum Gasteiger partial charge on any atom is 0.341 e. The standard InChI is InChI=1S/C21H19FN2O3S3/c1-27-16-9-5-14(6-10-16)12-30-19-17(20(25)26)18(23-21(24-19)28-2)29-11-13-3-7-15(22)8-4-13/h3-10H,11-12H2,1-2H3,(H,25,26). The molecule has 0 spiro atoms. The number of benzene rings is 2. The van der Waals surface area contributed by atoms with Crippen LogP contribution >= 0.6 is 35.3 Å². The van der Waals surface area contributed by atoms with E-state index in [2.05, 4.69) is 9.97 Å². The maximum absolute atomic E-state index is 13.1. The largest absolute Gasteiger partial charge is 0.497 e. The second-order valence-electron chi connectivity index (χ2n) is 6.05. The normalized spacial score (nSPS) is 10.8. The molecule has 3 aromatic rings. The fourth-order valence-electron chi connectivity index (χ4n) is 2.49. The molecule has 0 bridgehead atoms. The number of carboxylic acid groups (broad SMARTS) is 1. The Bertz CT molecular complexity index is 1020. The summed E-state index contributed by atoms with van der Waals surface area (Å²) in [7, 11) is 1.61. The molecule has 0 saturated heterocycles. The van der Waals surface area contributed by atoms with Crippen molar-refractivity contribution in [2.75, 3.05) is 13.4 Å². The van der Waals surface area contributed by atoms with Gasteiger partial charge in [-0.15, -0.1) is 23.5 Å². The van der Waals surface area contributed by atoms with Crippen molar-refractivity contribution in [2.24, 2.45) is 0 Å². The van der Waals surface area contributed by atoms with E-state index in [1.165, 1.54) is 47.4 Å². The Morgan fingerprint density at radius 1 is 0.967 bits per heavy atom. The number of aromatic carboxylic acids is 1. The van der Waals surface area contributed by atoms with Crippen molar-refractivity contribution in [2.45, 2.75) is 26.7 Å². The molecule has 30 heavy (non-hydrogen) atoms. The third-order valence-electron chi connectivity index (χ3n) is 4.04. The molecule has 0 amide bonds. The topological polar surface area (TPSA) is 72.3 Å². The lowest BCUT2D eigenvalue weighted by Gasteiger charge is -2.12. The Morgan fingerprint density at radius 2 is 1.47 bits per heavy atom. The lowest BCUT2D eigenvalue weighted by atomic mass is 10.2. The van der Waals surface area contributed by atoms with Gasteiger partial charge in [0, 0.05) is 11.5 Å². The van der Waals surface area contributed by atoms with Gasteiger partial charge in [0.1, 0.15) is 27.2 Å². The number of ether oxygens (including phenoxy) is 1. The molecule has 3 rings (SSSR count). The first-order chi connectivity index (χ1) is 14.5. The number of hydrogen-bond acceptors (Lipinski definition) is 7. The molecule has 2 aromatic carbocycles. The monoisotopic (exact) mass is 462 g/mol. The quantitative estimate of drug-likeness (QED) is 0.249. The minimum absolute atomic E-state index is 0.0958. The molecule has 0 radical (unpaired) electrons. The van der Waals surface area contributed by atoms with Gasteiger partial charge in [-0.3, -0.25) is 0 Å². The maximum atomic E-state index is 13.1. The molecular formula is C21H19FN2O3S3. The molecule has 1 heterocycles. The molecule has 0 aliphatic carbocycles. The van der Waals surface area contributed by atoms with E-state index in [1.807, 2.05) is 30.5 Å². The smallest absolute Gasteiger partial charge is 0.341 e. The number of carboxylic acids is 1.